The van der Waals surface area contributed by atoms with Crippen LogP contribution in [-0.2, 0) is 11.3 Å². The average molecular weight is 253 g/mol. The molecule has 17 heavy (non-hydrogen) atoms. The quantitative estimate of drug-likeness (QED) is 0.843. The molecule has 2 rings (SSSR count). The van der Waals surface area contributed by atoms with Crippen molar-refractivity contribution in [3.8, 4) is 0 Å². The predicted octanol–water partition coefficient (Wildman–Crippen LogP) is 2.10. The third-order valence-electron chi connectivity index (χ3n) is 2.84. The summed E-state index contributed by atoms with van der Waals surface area (Å²) in [6.45, 7) is 2.56. The summed E-state index contributed by atoms with van der Waals surface area (Å²) in [5.74, 6) is 0.0847. The zero-order chi connectivity index (χ0) is 12.3. The SMILES string of the molecule is CC(NCc1ccc(Cl)cc1)C(=O)NC1CC1. The number of benzene rings is 1. The summed E-state index contributed by atoms with van der Waals surface area (Å²) in [5.41, 5.74) is 1.13. The molecule has 1 fully saturated rings. The highest BCUT2D eigenvalue weighted by Gasteiger charge is 2.25. The molecule has 0 radical (unpaired) electrons. The van der Waals surface area contributed by atoms with Crippen LogP contribution in [0.3, 0.4) is 0 Å². The number of hydrogen-bond acceptors (Lipinski definition) is 2. The smallest absolute Gasteiger partial charge is 0.237 e. The topological polar surface area (TPSA) is 41.1 Å². The van der Waals surface area contributed by atoms with E-state index in [-0.39, 0.29) is 11.9 Å². The number of rotatable bonds is 5. The third kappa shape index (κ3) is 4.02. The summed E-state index contributed by atoms with van der Waals surface area (Å²) in [7, 11) is 0. The summed E-state index contributed by atoms with van der Waals surface area (Å²) in [5, 5.41) is 6.90. The van der Waals surface area contributed by atoms with Crippen LogP contribution in [0, 0.1) is 0 Å². The van der Waals surface area contributed by atoms with Crippen LogP contribution in [0.25, 0.3) is 0 Å². The lowest BCUT2D eigenvalue weighted by Crippen LogP contribution is -2.42. The standard InChI is InChI=1S/C13H17ClN2O/c1-9(13(17)16-12-6-7-12)15-8-10-2-4-11(14)5-3-10/h2-5,9,12,15H,6-8H2,1H3,(H,16,17). The molecule has 2 N–H and O–H groups in total. The first-order valence-corrected chi connectivity index (χ1v) is 6.31. The molecule has 1 amide bonds. The van der Waals surface area contributed by atoms with Crippen LogP contribution in [-0.4, -0.2) is 18.0 Å². The normalized spacial score (nSPS) is 16.6. The van der Waals surface area contributed by atoms with E-state index < -0.39 is 0 Å². The van der Waals surface area contributed by atoms with Crippen LogP contribution in [0.15, 0.2) is 24.3 Å². The molecule has 0 bridgehead atoms. The van der Waals surface area contributed by atoms with Crippen LogP contribution in [0.5, 0.6) is 0 Å². The Balaban J connectivity index is 1.76. The second-order valence-electron chi connectivity index (χ2n) is 4.51. The van der Waals surface area contributed by atoms with Crippen LogP contribution >= 0.6 is 11.6 Å². The van der Waals surface area contributed by atoms with Gasteiger partial charge < -0.3 is 10.6 Å². The second kappa shape index (κ2) is 5.52. The molecule has 0 saturated heterocycles. The predicted molar refractivity (Wildman–Crippen MR) is 68.9 cm³/mol. The Kier molecular flexibility index (Phi) is 4.02. The molecule has 1 unspecified atom stereocenters. The van der Waals surface area contributed by atoms with Crippen molar-refractivity contribution in [3.63, 3.8) is 0 Å². The lowest BCUT2D eigenvalue weighted by Gasteiger charge is -2.13. The lowest BCUT2D eigenvalue weighted by atomic mass is 10.2. The number of nitrogens with one attached hydrogen (secondary N) is 2. The molecule has 1 aromatic carbocycles. The molecule has 1 aliphatic carbocycles. The maximum atomic E-state index is 11.7. The molecule has 1 atom stereocenters. The van der Waals surface area contributed by atoms with Crippen molar-refractivity contribution in [1.29, 1.82) is 0 Å². The molecule has 0 heterocycles. The Bertz CT molecular complexity index is 387. The van der Waals surface area contributed by atoms with Crippen molar-refractivity contribution < 1.29 is 4.79 Å². The van der Waals surface area contributed by atoms with Crippen molar-refractivity contribution in [1.82, 2.24) is 10.6 Å². The van der Waals surface area contributed by atoms with Crippen LogP contribution < -0.4 is 10.6 Å². The minimum atomic E-state index is -0.161. The van der Waals surface area contributed by atoms with Gasteiger partial charge in [-0.3, -0.25) is 4.79 Å². The fourth-order valence-corrected chi connectivity index (χ4v) is 1.65. The van der Waals surface area contributed by atoms with E-state index in [0.29, 0.717) is 12.6 Å². The fourth-order valence-electron chi connectivity index (χ4n) is 1.52. The highest BCUT2D eigenvalue weighted by molar-refractivity contribution is 6.30. The van der Waals surface area contributed by atoms with Gasteiger partial charge in [0.2, 0.25) is 5.91 Å². The summed E-state index contributed by atoms with van der Waals surface area (Å²) >= 11 is 5.80. The fraction of sp³-hybridized carbons (Fsp3) is 0.462. The maximum absolute atomic E-state index is 11.7. The summed E-state index contributed by atoms with van der Waals surface area (Å²) in [6, 6.07) is 7.89. The van der Waals surface area contributed by atoms with E-state index in [1.807, 2.05) is 31.2 Å². The van der Waals surface area contributed by atoms with E-state index in [9.17, 15) is 4.79 Å². The first-order valence-electron chi connectivity index (χ1n) is 5.93. The highest BCUT2D eigenvalue weighted by atomic mass is 35.5. The van der Waals surface area contributed by atoms with Gasteiger partial charge in [-0.25, -0.2) is 0 Å². The summed E-state index contributed by atoms with van der Waals surface area (Å²) < 4.78 is 0. The Labute approximate surface area is 107 Å². The van der Waals surface area contributed by atoms with Gasteiger partial charge in [0.05, 0.1) is 6.04 Å². The van der Waals surface area contributed by atoms with Crippen LogP contribution in [0.4, 0.5) is 0 Å². The van der Waals surface area contributed by atoms with Gasteiger partial charge in [0.25, 0.3) is 0 Å². The molecule has 4 heteroatoms. The molecule has 0 aromatic heterocycles. The molecule has 1 aliphatic rings. The Morgan fingerprint density at radius 1 is 1.41 bits per heavy atom. The van der Waals surface area contributed by atoms with Gasteiger partial charge in [-0.1, -0.05) is 23.7 Å². The summed E-state index contributed by atoms with van der Waals surface area (Å²) in [4.78, 5) is 11.7. The van der Waals surface area contributed by atoms with E-state index in [0.717, 1.165) is 23.4 Å². The summed E-state index contributed by atoms with van der Waals surface area (Å²) in [6.07, 6.45) is 2.24. The van der Waals surface area contributed by atoms with Crippen molar-refractivity contribution in [2.75, 3.05) is 0 Å². The first kappa shape index (κ1) is 12.4. The van der Waals surface area contributed by atoms with E-state index in [4.69, 9.17) is 11.6 Å². The number of amides is 1. The zero-order valence-electron chi connectivity index (χ0n) is 9.87. The van der Waals surface area contributed by atoms with Crippen LogP contribution in [0.2, 0.25) is 5.02 Å². The minimum Gasteiger partial charge on any atom is -0.352 e. The monoisotopic (exact) mass is 252 g/mol. The largest absolute Gasteiger partial charge is 0.352 e. The van der Waals surface area contributed by atoms with Crippen molar-refractivity contribution in [3.05, 3.63) is 34.9 Å². The van der Waals surface area contributed by atoms with Gasteiger partial charge in [-0.05, 0) is 37.5 Å². The number of carbonyl (C=O) groups excluding carboxylic acids is 1. The first-order chi connectivity index (χ1) is 8.15. The molecule has 1 saturated carbocycles. The molecule has 0 spiro atoms. The van der Waals surface area contributed by atoms with Crippen molar-refractivity contribution in [2.45, 2.75) is 38.4 Å². The van der Waals surface area contributed by atoms with Gasteiger partial charge in [0, 0.05) is 17.6 Å². The number of carbonyl (C=O) groups is 1. The van der Waals surface area contributed by atoms with Crippen LogP contribution in [0.1, 0.15) is 25.3 Å². The molecule has 3 nitrogen and oxygen atoms in total. The van der Waals surface area contributed by atoms with Gasteiger partial charge in [0.15, 0.2) is 0 Å². The Morgan fingerprint density at radius 2 is 2.06 bits per heavy atom. The van der Waals surface area contributed by atoms with Gasteiger partial charge >= 0.3 is 0 Å². The van der Waals surface area contributed by atoms with Crippen molar-refractivity contribution >= 4 is 17.5 Å². The van der Waals surface area contributed by atoms with E-state index >= 15 is 0 Å². The van der Waals surface area contributed by atoms with Gasteiger partial charge in [-0.15, -0.1) is 0 Å². The van der Waals surface area contributed by atoms with Crippen molar-refractivity contribution in [2.24, 2.45) is 0 Å². The van der Waals surface area contributed by atoms with E-state index in [1.165, 1.54) is 0 Å². The second-order valence-corrected chi connectivity index (χ2v) is 4.95. The molecular formula is C13H17ClN2O. The number of halogens is 1. The minimum absolute atomic E-state index is 0.0847. The lowest BCUT2D eigenvalue weighted by molar-refractivity contribution is -0.122. The molecule has 0 aliphatic heterocycles. The molecule has 92 valence electrons. The van der Waals surface area contributed by atoms with Gasteiger partial charge in [-0.2, -0.15) is 0 Å². The maximum Gasteiger partial charge on any atom is 0.237 e. The number of hydrogen-bond donors (Lipinski definition) is 2. The average Bonchev–Trinajstić information content (AvgIpc) is 3.11. The Morgan fingerprint density at radius 3 is 2.65 bits per heavy atom. The third-order valence-corrected chi connectivity index (χ3v) is 3.09. The molecular weight excluding hydrogens is 236 g/mol. The van der Waals surface area contributed by atoms with Gasteiger partial charge in [0.1, 0.15) is 0 Å². The highest BCUT2D eigenvalue weighted by Crippen LogP contribution is 2.18. The van der Waals surface area contributed by atoms with E-state index in [2.05, 4.69) is 10.6 Å². The zero-order valence-corrected chi connectivity index (χ0v) is 10.6. The van der Waals surface area contributed by atoms with E-state index in [1.54, 1.807) is 0 Å². The molecule has 1 aromatic rings. The Hall–Kier alpha value is -1.06.